The molecule has 0 bridgehead atoms. The van der Waals surface area contributed by atoms with Crippen molar-refractivity contribution in [3.63, 3.8) is 0 Å². The van der Waals surface area contributed by atoms with Gasteiger partial charge in [-0.25, -0.2) is 21.9 Å². The van der Waals surface area contributed by atoms with Gasteiger partial charge in [0.1, 0.15) is 10.6 Å². The normalized spacial score (nSPS) is 14.8. The van der Waals surface area contributed by atoms with E-state index in [0.717, 1.165) is 12.1 Å². The lowest BCUT2D eigenvalue weighted by atomic mass is 10.2. The molecule has 0 saturated heterocycles. The predicted octanol–water partition coefficient (Wildman–Crippen LogP) is 1.93. The van der Waals surface area contributed by atoms with Crippen LogP contribution in [-0.2, 0) is 23.0 Å². The highest BCUT2D eigenvalue weighted by Gasteiger charge is 2.34. The van der Waals surface area contributed by atoms with Crippen LogP contribution in [0.3, 0.4) is 0 Å². The zero-order valence-corrected chi connectivity index (χ0v) is 16.2. The Hall–Kier alpha value is -2.30. The molecule has 3 N–H and O–H groups in total. The molecule has 1 atom stereocenters. The molecule has 0 spiro atoms. The van der Waals surface area contributed by atoms with Crippen LogP contribution in [0.1, 0.15) is 35.1 Å². The van der Waals surface area contributed by atoms with E-state index in [9.17, 15) is 22.0 Å². The number of sulfonamides is 1. The van der Waals surface area contributed by atoms with Gasteiger partial charge in [-0.1, -0.05) is 0 Å². The first-order chi connectivity index (χ1) is 13.2. The Balaban J connectivity index is 2.01. The average Bonchev–Trinajstić information content (AvgIpc) is 3.16. The molecule has 0 fully saturated rings. The van der Waals surface area contributed by atoms with Crippen molar-refractivity contribution in [1.29, 1.82) is 0 Å². The van der Waals surface area contributed by atoms with Crippen LogP contribution >= 0.6 is 0 Å². The van der Waals surface area contributed by atoms with Crippen molar-refractivity contribution in [3.05, 3.63) is 46.8 Å². The summed E-state index contributed by atoms with van der Waals surface area (Å²) in [6.07, 6.45) is 1.17. The molecule has 1 aromatic heterocycles. The molecular weight excluding hydrogens is 392 g/mol. The van der Waals surface area contributed by atoms with Crippen molar-refractivity contribution in [2.45, 2.75) is 44.2 Å². The lowest BCUT2D eigenvalue weighted by Gasteiger charge is -2.12. The van der Waals surface area contributed by atoms with Crippen LogP contribution < -0.4 is 10.0 Å². The quantitative estimate of drug-likeness (QED) is 0.674. The van der Waals surface area contributed by atoms with Crippen molar-refractivity contribution in [3.8, 4) is 0 Å². The number of hydrogen-bond donors (Lipinski definition) is 3. The Bertz CT molecular complexity index is 1030. The summed E-state index contributed by atoms with van der Waals surface area (Å²) in [5, 5.41) is 11.6. The summed E-state index contributed by atoms with van der Waals surface area (Å²) in [5.74, 6) is -2.74. The maximum atomic E-state index is 13.4. The third-order valence-corrected chi connectivity index (χ3v) is 6.43. The molecule has 28 heavy (non-hydrogen) atoms. The van der Waals surface area contributed by atoms with E-state index in [1.807, 2.05) is 0 Å². The molecule has 1 unspecified atom stereocenters. The van der Waals surface area contributed by atoms with Crippen LogP contribution in [0, 0.1) is 18.6 Å². The second-order valence-corrected chi connectivity index (χ2v) is 8.44. The van der Waals surface area contributed by atoms with Crippen LogP contribution in [0.5, 0.6) is 0 Å². The van der Waals surface area contributed by atoms with Gasteiger partial charge in [-0.15, -0.1) is 0 Å². The van der Waals surface area contributed by atoms with Crippen LogP contribution in [0.15, 0.2) is 23.1 Å². The number of aromatic nitrogens is 1. The van der Waals surface area contributed by atoms with Gasteiger partial charge >= 0.3 is 0 Å². The van der Waals surface area contributed by atoms with Gasteiger partial charge in [-0.05, 0) is 38.8 Å². The molecule has 1 aromatic carbocycles. The second kappa shape index (κ2) is 7.61. The first kappa shape index (κ1) is 20.4. The Morgan fingerprint density at radius 3 is 2.68 bits per heavy atom. The first-order valence-electron chi connectivity index (χ1n) is 8.77. The van der Waals surface area contributed by atoms with Gasteiger partial charge in [0.15, 0.2) is 11.6 Å². The SMILES string of the molecule is Cc1c(S(=O)(=O)NC(C)CO)c2n(c1C(=O)Nc1ccc(F)c(F)c1)CCC2. The summed E-state index contributed by atoms with van der Waals surface area (Å²) in [7, 11) is -3.95. The number of rotatable bonds is 6. The molecule has 3 rings (SSSR count). The zero-order chi connectivity index (χ0) is 20.6. The summed E-state index contributed by atoms with van der Waals surface area (Å²) in [6.45, 7) is 3.17. The van der Waals surface area contributed by atoms with E-state index < -0.39 is 33.6 Å². The van der Waals surface area contributed by atoms with Gasteiger partial charge in [0.05, 0.1) is 6.61 Å². The smallest absolute Gasteiger partial charge is 0.272 e. The second-order valence-electron chi connectivity index (χ2n) is 6.79. The third-order valence-electron chi connectivity index (χ3n) is 4.64. The summed E-state index contributed by atoms with van der Waals surface area (Å²) in [5.41, 5.74) is 1.01. The minimum Gasteiger partial charge on any atom is -0.395 e. The standard InChI is InChI=1S/C18H21F2N3O4S/c1-10(9-24)22-28(26,27)17-11(2)16(23-7-3-4-15(17)23)18(25)21-12-5-6-13(19)14(20)8-12/h5-6,8,10,22,24H,3-4,7,9H2,1-2H3,(H,21,25). The van der Waals surface area contributed by atoms with E-state index in [4.69, 9.17) is 5.11 Å². The van der Waals surface area contributed by atoms with Crippen molar-refractivity contribution in [2.24, 2.45) is 0 Å². The van der Waals surface area contributed by atoms with Crippen LogP contribution in [0.4, 0.5) is 14.5 Å². The lowest BCUT2D eigenvalue weighted by Crippen LogP contribution is -2.35. The summed E-state index contributed by atoms with van der Waals surface area (Å²) in [6, 6.07) is 2.30. The summed E-state index contributed by atoms with van der Waals surface area (Å²) in [4.78, 5) is 12.8. The number of amides is 1. The minimum atomic E-state index is -3.95. The van der Waals surface area contributed by atoms with E-state index in [0.29, 0.717) is 25.1 Å². The largest absolute Gasteiger partial charge is 0.395 e. The lowest BCUT2D eigenvalue weighted by molar-refractivity contribution is 0.101. The molecule has 152 valence electrons. The van der Waals surface area contributed by atoms with Gasteiger partial charge in [0, 0.05) is 35.6 Å². The number of nitrogens with one attached hydrogen (secondary N) is 2. The topological polar surface area (TPSA) is 100 Å². The number of hydrogen-bond acceptors (Lipinski definition) is 4. The Labute approximate surface area is 161 Å². The van der Waals surface area contributed by atoms with Crippen LogP contribution in [0.2, 0.25) is 0 Å². The number of benzene rings is 1. The molecule has 0 saturated carbocycles. The van der Waals surface area contributed by atoms with E-state index in [-0.39, 0.29) is 28.4 Å². The fourth-order valence-electron chi connectivity index (χ4n) is 3.46. The molecule has 0 radical (unpaired) electrons. The number of aliphatic hydroxyl groups is 1. The van der Waals surface area contributed by atoms with Gasteiger partial charge in [0.2, 0.25) is 10.0 Å². The summed E-state index contributed by atoms with van der Waals surface area (Å²) < 4.78 is 56.1. The van der Waals surface area contributed by atoms with Crippen molar-refractivity contribution < 1.29 is 27.1 Å². The maximum Gasteiger partial charge on any atom is 0.272 e. The highest BCUT2D eigenvalue weighted by atomic mass is 32.2. The van der Waals surface area contributed by atoms with E-state index >= 15 is 0 Å². The monoisotopic (exact) mass is 413 g/mol. The van der Waals surface area contributed by atoms with Gasteiger partial charge in [-0.2, -0.15) is 0 Å². The number of aliphatic hydroxyl groups excluding tert-OH is 1. The van der Waals surface area contributed by atoms with Gasteiger partial charge in [0.25, 0.3) is 5.91 Å². The van der Waals surface area contributed by atoms with Gasteiger partial charge < -0.3 is 15.0 Å². The molecule has 10 heteroatoms. The van der Waals surface area contributed by atoms with Crippen molar-refractivity contribution in [1.82, 2.24) is 9.29 Å². The fourth-order valence-corrected chi connectivity index (χ4v) is 5.20. The molecule has 2 heterocycles. The first-order valence-corrected chi connectivity index (χ1v) is 10.3. The van der Waals surface area contributed by atoms with E-state index in [1.54, 1.807) is 4.57 Å². The average molecular weight is 413 g/mol. The fraction of sp³-hybridized carbons (Fsp3) is 0.389. The molecule has 1 aliphatic heterocycles. The zero-order valence-electron chi connectivity index (χ0n) is 15.4. The molecule has 0 aliphatic carbocycles. The van der Waals surface area contributed by atoms with Crippen molar-refractivity contribution >= 4 is 21.6 Å². The molecular formula is C18H21F2N3O4S. The Kier molecular flexibility index (Phi) is 5.55. The van der Waals surface area contributed by atoms with Gasteiger partial charge in [-0.3, -0.25) is 4.79 Å². The molecule has 1 amide bonds. The number of fused-ring (bicyclic) bond motifs is 1. The highest BCUT2D eigenvalue weighted by Crippen LogP contribution is 2.33. The highest BCUT2D eigenvalue weighted by molar-refractivity contribution is 7.89. The van der Waals surface area contributed by atoms with Crippen molar-refractivity contribution in [2.75, 3.05) is 11.9 Å². The molecule has 2 aromatic rings. The van der Waals surface area contributed by atoms with E-state index in [1.165, 1.54) is 19.9 Å². The van der Waals surface area contributed by atoms with E-state index in [2.05, 4.69) is 10.0 Å². The van der Waals surface area contributed by atoms with Crippen LogP contribution in [0.25, 0.3) is 0 Å². The Morgan fingerprint density at radius 1 is 1.32 bits per heavy atom. The number of halogens is 2. The third kappa shape index (κ3) is 3.67. The predicted molar refractivity (Wildman–Crippen MR) is 98.7 cm³/mol. The number of nitrogens with zero attached hydrogens (tertiary/aromatic N) is 1. The Morgan fingerprint density at radius 2 is 2.04 bits per heavy atom. The van der Waals surface area contributed by atoms with Crippen LogP contribution in [-0.4, -0.2) is 36.6 Å². The molecule has 1 aliphatic rings. The maximum absolute atomic E-state index is 13.4. The minimum absolute atomic E-state index is 0.0285. The number of carbonyl (C=O) groups excluding carboxylic acids is 1. The number of anilines is 1. The number of carbonyl (C=O) groups is 1. The molecule has 7 nitrogen and oxygen atoms in total. The summed E-state index contributed by atoms with van der Waals surface area (Å²) >= 11 is 0.